The first-order chi connectivity index (χ1) is 13.7. The summed E-state index contributed by atoms with van der Waals surface area (Å²) < 4.78 is 39.5. The second-order valence-electron chi connectivity index (χ2n) is 6.38. The predicted octanol–water partition coefficient (Wildman–Crippen LogP) is 4.70. The molecule has 29 heavy (non-hydrogen) atoms. The lowest BCUT2D eigenvalue weighted by atomic mass is 10.1. The molecule has 0 fully saturated rings. The molecule has 0 saturated carbocycles. The topological polar surface area (TPSA) is 66.5 Å². The van der Waals surface area contributed by atoms with Crippen LogP contribution in [0, 0.1) is 5.82 Å². The molecule has 0 radical (unpaired) electrons. The van der Waals surface area contributed by atoms with Crippen LogP contribution < -0.4 is 9.62 Å². The van der Waals surface area contributed by atoms with Crippen molar-refractivity contribution < 1.29 is 17.6 Å². The zero-order valence-corrected chi connectivity index (χ0v) is 17.0. The van der Waals surface area contributed by atoms with Crippen LogP contribution in [0.4, 0.5) is 15.8 Å². The summed E-state index contributed by atoms with van der Waals surface area (Å²) in [6.45, 7) is -0.0596. The fourth-order valence-electron chi connectivity index (χ4n) is 2.73. The summed E-state index contributed by atoms with van der Waals surface area (Å²) in [5.41, 5.74) is 1.54. The van der Waals surface area contributed by atoms with Gasteiger partial charge in [-0.3, -0.25) is 9.10 Å². The number of nitrogens with zero attached hydrogens (tertiary/aromatic N) is 1. The number of anilines is 2. The van der Waals surface area contributed by atoms with Gasteiger partial charge in [0.15, 0.2) is 0 Å². The highest BCUT2D eigenvalue weighted by atomic mass is 35.5. The molecule has 0 aliphatic rings. The van der Waals surface area contributed by atoms with Crippen molar-refractivity contribution in [2.45, 2.75) is 6.54 Å². The number of hydrogen-bond acceptors (Lipinski definition) is 3. The number of halogens is 2. The number of para-hydroxylation sites is 1. The highest BCUT2D eigenvalue weighted by molar-refractivity contribution is 7.92. The standard InChI is InChI=1S/C21H18ClFN2O3S/c1-29(27,28)25(20-8-3-2-7-19(20)23)14-15-9-11-16(12-10-15)21(26)24-18-6-4-5-17(22)13-18/h2-13H,14H2,1H3,(H,24,26). The molecule has 0 aliphatic heterocycles. The Morgan fingerprint density at radius 3 is 2.34 bits per heavy atom. The summed E-state index contributed by atoms with van der Waals surface area (Å²) in [5.74, 6) is -0.955. The first-order valence-corrected chi connectivity index (χ1v) is 10.8. The van der Waals surface area contributed by atoms with Crippen molar-refractivity contribution in [2.75, 3.05) is 15.9 Å². The minimum absolute atomic E-state index is 0.0298. The summed E-state index contributed by atoms with van der Waals surface area (Å²) in [4.78, 5) is 12.4. The molecule has 0 heterocycles. The number of hydrogen-bond donors (Lipinski definition) is 1. The van der Waals surface area contributed by atoms with Gasteiger partial charge in [0.1, 0.15) is 5.82 Å². The van der Waals surface area contributed by atoms with Crippen LogP contribution in [0.5, 0.6) is 0 Å². The Balaban J connectivity index is 1.78. The lowest BCUT2D eigenvalue weighted by Gasteiger charge is -2.23. The van der Waals surface area contributed by atoms with E-state index >= 15 is 0 Å². The zero-order valence-electron chi connectivity index (χ0n) is 15.5. The Morgan fingerprint density at radius 1 is 1.03 bits per heavy atom. The van der Waals surface area contributed by atoms with Crippen molar-refractivity contribution in [3.05, 3.63) is 94.8 Å². The van der Waals surface area contributed by atoms with Crippen LogP contribution in [0.1, 0.15) is 15.9 Å². The lowest BCUT2D eigenvalue weighted by molar-refractivity contribution is 0.102. The van der Waals surface area contributed by atoms with Gasteiger partial charge < -0.3 is 5.32 Å². The first-order valence-electron chi connectivity index (χ1n) is 8.62. The molecule has 0 bridgehead atoms. The molecular formula is C21H18ClFN2O3S. The maximum Gasteiger partial charge on any atom is 0.255 e. The van der Waals surface area contributed by atoms with Crippen molar-refractivity contribution in [3.63, 3.8) is 0 Å². The van der Waals surface area contributed by atoms with E-state index in [-0.39, 0.29) is 18.1 Å². The Morgan fingerprint density at radius 2 is 1.72 bits per heavy atom. The Labute approximate surface area is 173 Å². The van der Waals surface area contributed by atoms with Crippen molar-refractivity contribution in [2.24, 2.45) is 0 Å². The smallest absolute Gasteiger partial charge is 0.255 e. The van der Waals surface area contributed by atoms with Crippen LogP contribution in [0.3, 0.4) is 0 Å². The highest BCUT2D eigenvalue weighted by Gasteiger charge is 2.21. The molecule has 0 atom stereocenters. The maximum atomic E-state index is 14.1. The molecule has 8 heteroatoms. The molecule has 0 spiro atoms. The third-order valence-corrected chi connectivity index (χ3v) is 5.51. The van der Waals surface area contributed by atoms with Gasteiger partial charge in [-0.15, -0.1) is 0 Å². The second kappa shape index (κ2) is 8.63. The normalized spacial score (nSPS) is 11.1. The lowest BCUT2D eigenvalue weighted by Crippen LogP contribution is -2.30. The van der Waals surface area contributed by atoms with Gasteiger partial charge in [-0.25, -0.2) is 12.8 Å². The van der Waals surface area contributed by atoms with Gasteiger partial charge >= 0.3 is 0 Å². The number of benzene rings is 3. The fourth-order valence-corrected chi connectivity index (χ4v) is 3.81. The Bertz CT molecular complexity index is 1130. The molecule has 5 nitrogen and oxygen atoms in total. The van der Waals surface area contributed by atoms with Gasteiger partial charge in [0.05, 0.1) is 18.5 Å². The average Bonchev–Trinajstić information content (AvgIpc) is 2.66. The molecule has 1 N–H and O–H groups in total. The highest BCUT2D eigenvalue weighted by Crippen LogP contribution is 2.24. The minimum Gasteiger partial charge on any atom is -0.322 e. The molecule has 150 valence electrons. The number of carbonyl (C=O) groups is 1. The van der Waals surface area contributed by atoms with Crippen LogP contribution in [0.25, 0.3) is 0 Å². The summed E-state index contributed by atoms with van der Waals surface area (Å²) in [7, 11) is -3.71. The van der Waals surface area contributed by atoms with E-state index in [2.05, 4.69) is 5.32 Å². The molecule has 3 aromatic rings. The van der Waals surface area contributed by atoms with E-state index in [9.17, 15) is 17.6 Å². The van der Waals surface area contributed by atoms with Crippen LogP contribution in [-0.2, 0) is 16.6 Å². The average molecular weight is 433 g/mol. The third kappa shape index (κ3) is 5.34. The van der Waals surface area contributed by atoms with E-state index < -0.39 is 15.8 Å². The molecule has 3 aromatic carbocycles. The summed E-state index contributed by atoms with van der Waals surface area (Å²) in [6, 6.07) is 18.9. The monoisotopic (exact) mass is 432 g/mol. The van der Waals surface area contributed by atoms with Gasteiger partial charge in [-0.05, 0) is 48.0 Å². The number of nitrogens with one attached hydrogen (secondary N) is 1. The fraction of sp³-hybridized carbons (Fsp3) is 0.0952. The van der Waals surface area contributed by atoms with Crippen LogP contribution in [0.2, 0.25) is 5.02 Å². The van der Waals surface area contributed by atoms with Crippen LogP contribution in [-0.4, -0.2) is 20.6 Å². The van der Waals surface area contributed by atoms with Crippen molar-refractivity contribution in [3.8, 4) is 0 Å². The first kappa shape index (κ1) is 20.8. The van der Waals surface area contributed by atoms with E-state index in [1.165, 1.54) is 18.2 Å². The second-order valence-corrected chi connectivity index (χ2v) is 8.73. The van der Waals surface area contributed by atoms with Gasteiger partial charge in [-0.2, -0.15) is 0 Å². The Hall–Kier alpha value is -2.90. The van der Waals surface area contributed by atoms with Crippen LogP contribution >= 0.6 is 11.6 Å². The van der Waals surface area contributed by atoms with Crippen molar-refractivity contribution >= 4 is 38.9 Å². The summed E-state index contributed by atoms with van der Waals surface area (Å²) >= 11 is 5.91. The number of carbonyl (C=O) groups excluding carboxylic acids is 1. The van der Waals surface area contributed by atoms with Crippen molar-refractivity contribution in [1.82, 2.24) is 0 Å². The summed E-state index contributed by atoms with van der Waals surface area (Å²) in [6.07, 6.45) is 1.02. The van der Waals surface area contributed by atoms with E-state index in [0.717, 1.165) is 10.6 Å². The van der Waals surface area contributed by atoms with Crippen LogP contribution in [0.15, 0.2) is 72.8 Å². The molecule has 3 rings (SSSR count). The number of amides is 1. The Kier molecular flexibility index (Phi) is 6.20. The van der Waals surface area contributed by atoms with Crippen molar-refractivity contribution in [1.29, 1.82) is 0 Å². The number of rotatable bonds is 6. The number of sulfonamides is 1. The molecule has 0 unspecified atom stereocenters. The molecular weight excluding hydrogens is 415 g/mol. The minimum atomic E-state index is -3.71. The van der Waals surface area contributed by atoms with E-state index in [0.29, 0.717) is 21.8 Å². The molecule has 1 amide bonds. The van der Waals surface area contributed by atoms with E-state index in [1.54, 1.807) is 54.6 Å². The van der Waals surface area contributed by atoms with Gasteiger partial charge in [0, 0.05) is 16.3 Å². The quantitative estimate of drug-likeness (QED) is 0.614. The largest absolute Gasteiger partial charge is 0.322 e. The van der Waals surface area contributed by atoms with Gasteiger partial charge in [0.2, 0.25) is 10.0 Å². The van der Waals surface area contributed by atoms with Gasteiger partial charge in [-0.1, -0.05) is 41.9 Å². The van der Waals surface area contributed by atoms with E-state index in [4.69, 9.17) is 11.6 Å². The molecule has 0 aromatic heterocycles. The predicted molar refractivity (Wildman–Crippen MR) is 113 cm³/mol. The SMILES string of the molecule is CS(=O)(=O)N(Cc1ccc(C(=O)Nc2cccc(Cl)c2)cc1)c1ccccc1F. The molecule has 0 aliphatic carbocycles. The van der Waals surface area contributed by atoms with Gasteiger partial charge in [0.25, 0.3) is 5.91 Å². The molecule has 0 saturated heterocycles. The maximum absolute atomic E-state index is 14.1. The third-order valence-electron chi connectivity index (χ3n) is 4.15. The zero-order chi connectivity index (χ0) is 21.0. The summed E-state index contributed by atoms with van der Waals surface area (Å²) in [5, 5.41) is 3.24. The van der Waals surface area contributed by atoms with E-state index in [1.807, 2.05) is 0 Å².